The van der Waals surface area contributed by atoms with Crippen molar-refractivity contribution in [3.63, 3.8) is 0 Å². The lowest BCUT2D eigenvalue weighted by Gasteiger charge is -2.17. The average molecular weight is 332 g/mol. The van der Waals surface area contributed by atoms with Crippen molar-refractivity contribution in [2.45, 2.75) is 17.7 Å². The van der Waals surface area contributed by atoms with E-state index in [-0.39, 0.29) is 22.4 Å². The molecular formula is C13H18ClN3O3S. The minimum absolute atomic E-state index is 0.0355. The topological polar surface area (TPSA) is 78.5 Å². The largest absolute Gasteiger partial charge is 0.325 e. The molecule has 1 aliphatic heterocycles. The van der Waals surface area contributed by atoms with Crippen LogP contribution in [0.15, 0.2) is 23.1 Å². The number of nitrogens with one attached hydrogen (secondary N) is 2. The Morgan fingerprint density at radius 2 is 2.00 bits per heavy atom. The van der Waals surface area contributed by atoms with Gasteiger partial charge in [-0.3, -0.25) is 4.79 Å². The predicted octanol–water partition coefficient (Wildman–Crippen LogP) is 1.28. The van der Waals surface area contributed by atoms with Crippen LogP contribution in [0.4, 0.5) is 5.69 Å². The lowest BCUT2D eigenvalue weighted by molar-refractivity contribution is -0.115. The summed E-state index contributed by atoms with van der Waals surface area (Å²) in [6.45, 7) is 1.17. The van der Waals surface area contributed by atoms with Gasteiger partial charge in [0.25, 0.3) is 0 Å². The molecule has 0 atom stereocenters. The maximum atomic E-state index is 12.5. The molecule has 6 nitrogen and oxygen atoms in total. The first-order valence-electron chi connectivity index (χ1n) is 6.69. The van der Waals surface area contributed by atoms with Gasteiger partial charge in [-0.15, -0.1) is 0 Å². The molecule has 0 aliphatic carbocycles. The number of hydrogen-bond acceptors (Lipinski definition) is 4. The molecule has 8 heteroatoms. The molecule has 0 saturated carbocycles. The lowest BCUT2D eigenvalue weighted by Crippen LogP contribution is -2.28. The van der Waals surface area contributed by atoms with E-state index >= 15 is 0 Å². The molecule has 0 radical (unpaired) electrons. The second-order valence-corrected chi connectivity index (χ2v) is 7.15. The van der Waals surface area contributed by atoms with Gasteiger partial charge in [-0.1, -0.05) is 11.6 Å². The normalized spacial score (nSPS) is 16.1. The van der Waals surface area contributed by atoms with Gasteiger partial charge >= 0.3 is 0 Å². The number of hydrogen-bond donors (Lipinski definition) is 2. The number of nitrogens with zero attached hydrogens (tertiary/aromatic N) is 1. The fraction of sp³-hybridized carbons (Fsp3) is 0.462. The van der Waals surface area contributed by atoms with Gasteiger partial charge in [-0.2, -0.15) is 4.31 Å². The number of rotatable bonds is 5. The number of anilines is 1. The van der Waals surface area contributed by atoms with E-state index in [1.165, 1.54) is 16.4 Å². The molecule has 0 unspecified atom stereocenters. The highest BCUT2D eigenvalue weighted by Crippen LogP contribution is 2.29. The van der Waals surface area contributed by atoms with Gasteiger partial charge in [0, 0.05) is 18.8 Å². The molecule has 1 heterocycles. The first-order valence-corrected chi connectivity index (χ1v) is 8.51. The van der Waals surface area contributed by atoms with Crippen molar-refractivity contribution in [3.8, 4) is 0 Å². The van der Waals surface area contributed by atoms with Crippen LogP contribution in [0, 0.1) is 0 Å². The monoisotopic (exact) mass is 331 g/mol. The van der Waals surface area contributed by atoms with Crippen LogP contribution in [0.5, 0.6) is 0 Å². The maximum absolute atomic E-state index is 12.5. The summed E-state index contributed by atoms with van der Waals surface area (Å²) in [4.78, 5) is 11.6. The highest BCUT2D eigenvalue weighted by molar-refractivity contribution is 7.89. The second kappa shape index (κ2) is 6.74. The van der Waals surface area contributed by atoms with Crippen LogP contribution >= 0.6 is 11.6 Å². The lowest BCUT2D eigenvalue weighted by atomic mass is 10.3. The molecule has 1 aromatic rings. The van der Waals surface area contributed by atoms with Crippen LogP contribution in [0.2, 0.25) is 5.02 Å². The second-order valence-electron chi connectivity index (χ2n) is 4.83. The van der Waals surface area contributed by atoms with Crippen LogP contribution in [-0.2, 0) is 14.8 Å². The van der Waals surface area contributed by atoms with E-state index < -0.39 is 10.0 Å². The third-order valence-electron chi connectivity index (χ3n) is 3.24. The number of carbonyl (C=O) groups is 1. The van der Waals surface area contributed by atoms with Crippen LogP contribution in [0.3, 0.4) is 0 Å². The van der Waals surface area contributed by atoms with Gasteiger partial charge in [0.2, 0.25) is 15.9 Å². The third kappa shape index (κ3) is 3.74. The fourth-order valence-corrected chi connectivity index (χ4v) is 4.23. The van der Waals surface area contributed by atoms with Gasteiger partial charge in [-0.05, 0) is 38.1 Å². The minimum atomic E-state index is -3.61. The number of sulfonamides is 1. The van der Waals surface area contributed by atoms with Crippen molar-refractivity contribution in [2.24, 2.45) is 0 Å². The van der Waals surface area contributed by atoms with Crippen molar-refractivity contribution in [3.05, 3.63) is 23.2 Å². The van der Waals surface area contributed by atoms with Gasteiger partial charge in [-0.25, -0.2) is 8.42 Å². The first kappa shape index (κ1) is 16.2. The number of amides is 1. The van der Waals surface area contributed by atoms with Crippen molar-refractivity contribution in [1.82, 2.24) is 9.62 Å². The van der Waals surface area contributed by atoms with Crippen LogP contribution in [-0.4, -0.2) is 45.3 Å². The van der Waals surface area contributed by atoms with Gasteiger partial charge in [0.05, 0.1) is 11.6 Å². The van der Waals surface area contributed by atoms with E-state index in [0.29, 0.717) is 18.8 Å². The molecular weight excluding hydrogens is 314 g/mol. The Morgan fingerprint density at radius 1 is 1.33 bits per heavy atom. The molecule has 2 N–H and O–H groups in total. The number of halogens is 1. The van der Waals surface area contributed by atoms with E-state index in [1.54, 1.807) is 13.1 Å². The Bertz CT molecular complexity index is 628. The standard InChI is InChI=1S/C13H18ClN3O3S/c1-15-9-13(18)16-10-4-5-11(14)12(8-10)21(19,20)17-6-2-3-7-17/h4-5,8,15H,2-3,6-7,9H2,1H3,(H,16,18). The summed E-state index contributed by atoms with van der Waals surface area (Å²) in [5, 5.41) is 5.51. The Hall–Kier alpha value is -1.15. The highest BCUT2D eigenvalue weighted by Gasteiger charge is 2.29. The SMILES string of the molecule is CNCC(=O)Nc1ccc(Cl)c(S(=O)(=O)N2CCCC2)c1. The van der Waals surface area contributed by atoms with Crippen molar-refractivity contribution in [1.29, 1.82) is 0 Å². The highest BCUT2D eigenvalue weighted by atomic mass is 35.5. The predicted molar refractivity (Wildman–Crippen MR) is 82.0 cm³/mol. The maximum Gasteiger partial charge on any atom is 0.244 e. The summed E-state index contributed by atoms with van der Waals surface area (Å²) in [6, 6.07) is 4.47. The first-order chi connectivity index (χ1) is 9.95. The number of benzene rings is 1. The van der Waals surface area contributed by atoms with Crippen molar-refractivity contribution < 1.29 is 13.2 Å². The zero-order valence-corrected chi connectivity index (χ0v) is 13.3. The van der Waals surface area contributed by atoms with Crippen molar-refractivity contribution >= 4 is 33.2 Å². The average Bonchev–Trinajstić information content (AvgIpc) is 2.96. The Labute approximate surface area is 129 Å². The molecule has 0 aromatic heterocycles. The van der Waals surface area contributed by atoms with Crippen LogP contribution < -0.4 is 10.6 Å². The molecule has 116 valence electrons. The van der Waals surface area contributed by atoms with Crippen LogP contribution in [0.25, 0.3) is 0 Å². The molecule has 1 amide bonds. The van der Waals surface area contributed by atoms with E-state index in [9.17, 15) is 13.2 Å². The molecule has 21 heavy (non-hydrogen) atoms. The summed E-state index contributed by atoms with van der Waals surface area (Å²) in [7, 11) is -1.95. The summed E-state index contributed by atoms with van der Waals surface area (Å²) in [6.07, 6.45) is 1.71. The van der Waals surface area contributed by atoms with E-state index in [4.69, 9.17) is 11.6 Å². The summed E-state index contributed by atoms with van der Waals surface area (Å²) >= 11 is 6.03. The molecule has 1 fully saturated rings. The minimum Gasteiger partial charge on any atom is -0.325 e. The Kier molecular flexibility index (Phi) is 5.21. The molecule has 1 aliphatic rings. The Balaban J connectivity index is 2.28. The molecule has 0 spiro atoms. The van der Waals surface area contributed by atoms with Crippen LogP contribution in [0.1, 0.15) is 12.8 Å². The molecule has 2 rings (SSSR count). The number of likely N-dealkylation sites (N-methyl/N-ethyl adjacent to an activating group) is 1. The Morgan fingerprint density at radius 3 is 2.62 bits per heavy atom. The van der Waals surface area contributed by atoms with E-state index in [1.807, 2.05) is 0 Å². The van der Waals surface area contributed by atoms with Crippen molar-refractivity contribution in [2.75, 3.05) is 32.0 Å². The fourth-order valence-electron chi connectivity index (χ4n) is 2.21. The van der Waals surface area contributed by atoms with Gasteiger partial charge in [0.1, 0.15) is 4.90 Å². The quantitative estimate of drug-likeness (QED) is 0.852. The van der Waals surface area contributed by atoms with E-state index in [0.717, 1.165) is 12.8 Å². The number of carbonyl (C=O) groups excluding carboxylic acids is 1. The summed E-state index contributed by atoms with van der Waals surface area (Å²) < 4.78 is 26.5. The molecule has 1 saturated heterocycles. The third-order valence-corrected chi connectivity index (χ3v) is 5.62. The van der Waals surface area contributed by atoms with Gasteiger partial charge < -0.3 is 10.6 Å². The summed E-state index contributed by atoms with van der Waals surface area (Å²) in [5.41, 5.74) is 0.414. The zero-order valence-electron chi connectivity index (χ0n) is 11.7. The molecule has 1 aromatic carbocycles. The van der Waals surface area contributed by atoms with Gasteiger partial charge in [0.15, 0.2) is 0 Å². The summed E-state index contributed by atoms with van der Waals surface area (Å²) in [5.74, 6) is -0.246. The van der Waals surface area contributed by atoms with E-state index in [2.05, 4.69) is 10.6 Å². The zero-order chi connectivity index (χ0) is 15.5. The smallest absolute Gasteiger partial charge is 0.244 e. The molecule has 0 bridgehead atoms.